The number of amides is 5. The van der Waals surface area contributed by atoms with Crippen LogP contribution in [0.2, 0.25) is 0 Å². The minimum atomic E-state index is -0.700. The summed E-state index contributed by atoms with van der Waals surface area (Å²) in [5, 5.41) is 10.8. The van der Waals surface area contributed by atoms with Crippen molar-refractivity contribution < 1.29 is 42.6 Å². The number of piperidine rings is 1. The van der Waals surface area contributed by atoms with Crippen LogP contribution in [-0.2, 0) is 30.2 Å². The number of ether oxygens (including phenoxy) is 3. The van der Waals surface area contributed by atoms with Gasteiger partial charge in [-0.15, -0.1) is 0 Å². The predicted octanol–water partition coefficient (Wildman–Crippen LogP) is 7.67. The predicted molar refractivity (Wildman–Crippen MR) is 276 cm³/mol. The Bertz CT molecular complexity index is 2870. The van der Waals surface area contributed by atoms with Crippen LogP contribution in [0.1, 0.15) is 104 Å². The van der Waals surface area contributed by atoms with Crippen LogP contribution in [0, 0.1) is 11.7 Å². The largest absolute Gasteiger partial charge is 0.448 e. The number of carbonyl (C=O) groups excluding carboxylic acids is 5. The molecule has 1 atom stereocenters. The van der Waals surface area contributed by atoms with E-state index in [9.17, 15) is 28.8 Å². The Morgan fingerprint density at radius 2 is 1.42 bits per heavy atom. The molecule has 16 nitrogen and oxygen atoms in total. The molecule has 74 heavy (non-hydrogen) atoms. The van der Waals surface area contributed by atoms with Gasteiger partial charge in [-0.25, -0.2) is 19.1 Å². The first-order chi connectivity index (χ1) is 35.7. The van der Waals surface area contributed by atoms with Crippen molar-refractivity contribution in [3.05, 3.63) is 135 Å². The van der Waals surface area contributed by atoms with Gasteiger partial charge in [-0.1, -0.05) is 92.1 Å². The van der Waals surface area contributed by atoms with Gasteiger partial charge in [0.1, 0.15) is 30.6 Å². The Morgan fingerprint density at radius 3 is 2.09 bits per heavy atom. The smallest absolute Gasteiger partial charge is 0.410 e. The molecule has 4 aromatic carbocycles. The number of carbonyl (C=O) groups is 5. The van der Waals surface area contributed by atoms with Crippen LogP contribution in [0.4, 0.5) is 14.0 Å². The van der Waals surface area contributed by atoms with Crippen LogP contribution in [0.5, 0.6) is 0 Å². The lowest BCUT2D eigenvalue weighted by molar-refractivity contribution is -0.138. The number of aromatic amines is 1. The van der Waals surface area contributed by atoms with Crippen LogP contribution in [-0.4, -0.2) is 143 Å². The summed E-state index contributed by atoms with van der Waals surface area (Å²) in [6, 6.07) is 26.9. The van der Waals surface area contributed by atoms with E-state index in [0.29, 0.717) is 48.0 Å². The maximum absolute atomic E-state index is 15.3. The molecule has 4 aliphatic rings. The van der Waals surface area contributed by atoms with E-state index in [1.165, 1.54) is 21.9 Å². The van der Waals surface area contributed by atoms with E-state index in [1.807, 2.05) is 42.5 Å². The lowest BCUT2D eigenvalue weighted by Crippen LogP contribution is -2.55. The van der Waals surface area contributed by atoms with Gasteiger partial charge in [-0.05, 0) is 98.4 Å². The number of halogens is 1. The quantitative estimate of drug-likeness (QED) is 0.112. The molecule has 9 rings (SSSR count). The van der Waals surface area contributed by atoms with Gasteiger partial charge < -0.3 is 34.2 Å². The molecule has 0 spiro atoms. The number of alkyl carbamates (subject to hydrolysis) is 1. The van der Waals surface area contributed by atoms with Crippen LogP contribution < -0.4 is 10.9 Å². The molecular formula is C57H66FN7O9. The SMILES string of the molecule is CC(C)(C)OC(=O)N[C@@H](C(=O)N1CCC(OCCN(CC(=O)N2CCN(C(=O)c3cc(Cc4n[nH]c(=O)c5ccccc45)ccc3F)CC2)C(=O)OCC2c3ccccc3-c3ccccc32)CC1)C1CCCCC1. The molecule has 2 N–H and O–H groups in total. The van der Waals surface area contributed by atoms with Crippen LogP contribution in [0.3, 0.4) is 0 Å². The zero-order valence-corrected chi connectivity index (χ0v) is 42.5. The molecule has 2 aliphatic carbocycles. The van der Waals surface area contributed by atoms with Gasteiger partial charge in [0, 0.05) is 63.5 Å². The van der Waals surface area contributed by atoms with E-state index in [0.717, 1.165) is 54.4 Å². The average molecular weight is 1010 g/mol. The van der Waals surface area contributed by atoms with Gasteiger partial charge in [-0.2, -0.15) is 5.10 Å². The Balaban J connectivity index is 0.820. The third kappa shape index (κ3) is 12.1. The Morgan fingerprint density at radius 1 is 0.784 bits per heavy atom. The standard InChI is InChI=1S/C57H66FN7O9/c1-57(2,3)74-55(70)59-51(38-13-5-4-6-14-38)54(69)63-25-23-39(24-26-63)72-32-31-65(56(71)73-36-47-42-17-9-7-15-40(42)41-16-8-10-18-43(41)47)35-50(66)62-27-29-64(30-28-62)53(68)46-33-37(21-22-48(46)58)34-49-44-19-11-12-20-45(44)52(67)61-60-49/h7-12,15-22,33,38-39,47,51H,4-6,13-14,23-32,34-36H2,1-3H3,(H,59,70)(H,61,67)/t51-/m1/s1. The van der Waals surface area contributed by atoms with Crippen molar-refractivity contribution in [3.63, 3.8) is 0 Å². The first kappa shape index (κ1) is 51.7. The van der Waals surface area contributed by atoms with Gasteiger partial charge in [0.05, 0.1) is 29.4 Å². The fraction of sp³-hybridized carbons (Fsp3) is 0.456. The zero-order valence-electron chi connectivity index (χ0n) is 42.5. The van der Waals surface area contributed by atoms with Crippen LogP contribution >= 0.6 is 0 Å². The van der Waals surface area contributed by atoms with Gasteiger partial charge in [0.2, 0.25) is 11.8 Å². The van der Waals surface area contributed by atoms with Gasteiger partial charge in [0.25, 0.3) is 11.5 Å². The van der Waals surface area contributed by atoms with Gasteiger partial charge in [0.15, 0.2) is 0 Å². The molecule has 3 heterocycles. The Kier molecular flexibility index (Phi) is 16.1. The highest BCUT2D eigenvalue weighted by Gasteiger charge is 2.37. The normalized spacial score (nSPS) is 16.8. The molecular weight excluding hydrogens is 946 g/mol. The molecule has 0 unspecified atom stereocenters. The van der Waals surface area contributed by atoms with E-state index < -0.39 is 35.6 Å². The van der Waals surface area contributed by atoms with Crippen LogP contribution in [0.25, 0.3) is 21.9 Å². The Labute approximate surface area is 430 Å². The number of piperazine rings is 1. The van der Waals surface area contributed by atoms with Crippen molar-refractivity contribution >= 4 is 40.7 Å². The lowest BCUT2D eigenvalue weighted by Gasteiger charge is -2.38. The molecule has 0 bridgehead atoms. The second-order valence-electron chi connectivity index (χ2n) is 20.9. The highest BCUT2D eigenvalue weighted by atomic mass is 19.1. The van der Waals surface area contributed by atoms with E-state index in [1.54, 1.807) is 54.8 Å². The first-order valence-corrected chi connectivity index (χ1v) is 26.0. The molecule has 2 aliphatic heterocycles. The minimum absolute atomic E-state index is 0.0322. The number of H-pyrrole nitrogens is 1. The summed E-state index contributed by atoms with van der Waals surface area (Å²) >= 11 is 0. The topological polar surface area (TPSA) is 184 Å². The molecule has 1 aromatic heterocycles. The summed E-state index contributed by atoms with van der Waals surface area (Å²) in [5.41, 5.74) is 4.40. The zero-order chi connectivity index (χ0) is 51.9. The number of aromatic nitrogens is 2. The monoisotopic (exact) mass is 1010 g/mol. The number of nitrogens with zero attached hydrogens (tertiary/aromatic N) is 5. The third-order valence-electron chi connectivity index (χ3n) is 14.8. The molecule has 5 amide bonds. The highest BCUT2D eigenvalue weighted by Crippen LogP contribution is 2.44. The summed E-state index contributed by atoms with van der Waals surface area (Å²) in [7, 11) is 0. The molecule has 1 saturated carbocycles. The number of likely N-dealkylation sites (tertiary alicyclic amines) is 1. The number of fused-ring (bicyclic) bond motifs is 4. The highest BCUT2D eigenvalue weighted by molar-refractivity contribution is 5.95. The van der Waals surface area contributed by atoms with Gasteiger partial charge in [-0.3, -0.25) is 24.1 Å². The van der Waals surface area contributed by atoms with Crippen molar-refractivity contribution in [2.24, 2.45) is 5.92 Å². The minimum Gasteiger partial charge on any atom is -0.448 e. The third-order valence-corrected chi connectivity index (χ3v) is 14.8. The maximum Gasteiger partial charge on any atom is 0.410 e. The van der Waals surface area contributed by atoms with Crippen molar-refractivity contribution in [1.29, 1.82) is 0 Å². The number of nitrogens with one attached hydrogen (secondary N) is 2. The van der Waals surface area contributed by atoms with E-state index >= 15 is 4.39 Å². The summed E-state index contributed by atoms with van der Waals surface area (Å²) in [6.45, 7) is 6.83. The molecule has 390 valence electrons. The lowest BCUT2D eigenvalue weighted by atomic mass is 9.83. The Hall–Kier alpha value is -7.14. The molecule has 17 heteroatoms. The molecule has 0 radical (unpaired) electrons. The van der Waals surface area contributed by atoms with Crippen molar-refractivity contribution in [1.82, 2.24) is 35.1 Å². The molecule has 5 aromatic rings. The second kappa shape index (κ2) is 23.0. The average Bonchev–Trinajstić information content (AvgIpc) is 3.73. The molecule has 3 fully saturated rings. The number of rotatable bonds is 14. The number of benzene rings is 4. The summed E-state index contributed by atoms with van der Waals surface area (Å²) in [4.78, 5) is 87.6. The second-order valence-corrected chi connectivity index (χ2v) is 20.9. The van der Waals surface area contributed by atoms with E-state index in [-0.39, 0.29) is 99.8 Å². The first-order valence-electron chi connectivity index (χ1n) is 26.0. The summed E-state index contributed by atoms with van der Waals surface area (Å²) in [6.07, 6.45) is 4.75. The van der Waals surface area contributed by atoms with Crippen LogP contribution in [0.15, 0.2) is 95.8 Å². The fourth-order valence-electron chi connectivity index (χ4n) is 10.9. The van der Waals surface area contributed by atoms with Crippen molar-refractivity contribution in [2.75, 3.05) is 65.6 Å². The summed E-state index contributed by atoms with van der Waals surface area (Å²) < 4.78 is 33.3. The number of hydrogen-bond acceptors (Lipinski definition) is 10. The number of hydrogen-bond donors (Lipinski definition) is 2. The van der Waals surface area contributed by atoms with Gasteiger partial charge >= 0.3 is 12.2 Å². The summed E-state index contributed by atoms with van der Waals surface area (Å²) in [5.74, 6) is -1.79. The molecule has 2 saturated heterocycles. The van der Waals surface area contributed by atoms with Crippen molar-refractivity contribution in [3.8, 4) is 11.1 Å². The van der Waals surface area contributed by atoms with E-state index in [4.69, 9.17) is 14.2 Å². The maximum atomic E-state index is 15.3. The van der Waals surface area contributed by atoms with E-state index in [2.05, 4.69) is 27.6 Å². The van der Waals surface area contributed by atoms with Crippen molar-refractivity contribution in [2.45, 2.75) is 95.8 Å². The fourth-order valence-corrected chi connectivity index (χ4v) is 10.9.